The lowest BCUT2D eigenvalue weighted by atomic mass is 9.82. The smallest absolute Gasteiger partial charge is 0.244 e. The molecular formula is C14H18Br2N2O. The number of carbonyl (C=O) groups excluding carboxylic acids is 1. The van der Waals surface area contributed by atoms with E-state index < -0.39 is 5.54 Å². The normalized spacial score (nSPS) is 18.1. The molecule has 19 heavy (non-hydrogen) atoms. The molecule has 0 aromatic heterocycles. The molecule has 1 aromatic carbocycles. The Morgan fingerprint density at radius 3 is 2.26 bits per heavy atom. The summed E-state index contributed by atoms with van der Waals surface area (Å²) in [6, 6.07) is 3.95. The topological polar surface area (TPSA) is 55.1 Å². The highest BCUT2D eigenvalue weighted by Gasteiger charge is 2.35. The molecule has 1 aliphatic rings. The summed E-state index contributed by atoms with van der Waals surface area (Å²) in [5.74, 6) is -0.0857. The van der Waals surface area contributed by atoms with Crippen molar-refractivity contribution in [2.45, 2.75) is 44.6 Å². The number of rotatable bonds is 2. The Bertz CT molecular complexity index is 473. The van der Waals surface area contributed by atoms with Crippen molar-refractivity contribution in [1.82, 2.24) is 0 Å². The van der Waals surface area contributed by atoms with E-state index in [1.54, 1.807) is 0 Å². The summed E-state index contributed by atoms with van der Waals surface area (Å²) < 4.78 is 1.74. The van der Waals surface area contributed by atoms with Gasteiger partial charge in [-0.2, -0.15) is 0 Å². The standard InChI is InChI=1S/C14H18Br2N2O/c1-9-7-10(15)12(11(16)8-9)18-13(19)14(17)5-3-2-4-6-14/h7-8H,2-6,17H2,1H3,(H,18,19). The number of nitrogens with two attached hydrogens (primary N) is 1. The van der Waals surface area contributed by atoms with Crippen molar-refractivity contribution in [3.05, 3.63) is 26.6 Å². The van der Waals surface area contributed by atoms with Crippen molar-refractivity contribution in [2.24, 2.45) is 5.73 Å². The molecule has 0 radical (unpaired) electrons. The number of anilines is 1. The lowest BCUT2D eigenvalue weighted by molar-refractivity contribution is -0.122. The van der Waals surface area contributed by atoms with Crippen molar-refractivity contribution >= 4 is 43.5 Å². The molecule has 3 N–H and O–H groups in total. The van der Waals surface area contributed by atoms with Crippen molar-refractivity contribution in [1.29, 1.82) is 0 Å². The van der Waals surface area contributed by atoms with E-state index >= 15 is 0 Å². The Labute approximate surface area is 130 Å². The second kappa shape index (κ2) is 5.94. The molecule has 0 bridgehead atoms. The van der Waals surface area contributed by atoms with E-state index in [0.29, 0.717) is 0 Å². The molecule has 104 valence electrons. The van der Waals surface area contributed by atoms with Gasteiger partial charge < -0.3 is 11.1 Å². The van der Waals surface area contributed by atoms with Gasteiger partial charge in [-0.1, -0.05) is 19.3 Å². The number of carbonyl (C=O) groups is 1. The van der Waals surface area contributed by atoms with Crippen molar-refractivity contribution in [3.63, 3.8) is 0 Å². The molecule has 0 saturated heterocycles. The van der Waals surface area contributed by atoms with Crippen LogP contribution in [0.1, 0.15) is 37.7 Å². The number of hydrogen-bond acceptors (Lipinski definition) is 2. The summed E-state index contributed by atoms with van der Waals surface area (Å²) in [6.07, 6.45) is 4.75. The van der Waals surface area contributed by atoms with Gasteiger partial charge in [0.25, 0.3) is 0 Å². The van der Waals surface area contributed by atoms with Crippen molar-refractivity contribution < 1.29 is 4.79 Å². The second-order valence-corrected chi connectivity index (χ2v) is 6.98. The van der Waals surface area contributed by atoms with E-state index in [4.69, 9.17) is 5.73 Å². The monoisotopic (exact) mass is 388 g/mol. The Balaban J connectivity index is 2.19. The summed E-state index contributed by atoms with van der Waals surface area (Å²) in [5.41, 5.74) is 7.40. The molecule has 0 heterocycles. The fourth-order valence-corrected chi connectivity index (χ4v) is 4.08. The molecular weight excluding hydrogens is 372 g/mol. The highest BCUT2D eigenvalue weighted by molar-refractivity contribution is 9.11. The van der Waals surface area contributed by atoms with Crippen LogP contribution in [0.2, 0.25) is 0 Å². The first-order valence-electron chi connectivity index (χ1n) is 6.48. The minimum Gasteiger partial charge on any atom is -0.323 e. The Hall–Kier alpha value is -0.390. The fourth-order valence-electron chi connectivity index (χ4n) is 2.47. The first-order chi connectivity index (χ1) is 8.92. The van der Waals surface area contributed by atoms with Crippen LogP contribution in [0.3, 0.4) is 0 Å². The van der Waals surface area contributed by atoms with Crippen LogP contribution in [-0.2, 0) is 4.79 Å². The molecule has 1 aromatic rings. The maximum absolute atomic E-state index is 12.4. The first kappa shape index (κ1) is 15.0. The summed E-state index contributed by atoms with van der Waals surface area (Å²) in [5, 5.41) is 2.96. The van der Waals surface area contributed by atoms with Gasteiger partial charge in [0.1, 0.15) is 0 Å². The lowest BCUT2D eigenvalue weighted by Gasteiger charge is -2.32. The third kappa shape index (κ3) is 3.38. The van der Waals surface area contributed by atoms with Gasteiger partial charge in [-0.25, -0.2) is 0 Å². The number of amides is 1. The van der Waals surface area contributed by atoms with E-state index in [1.165, 1.54) is 6.42 Å². The van der Waals surface area contributed by atoms with Gasteiger partial charge in [0.2, 0.25) is 5.91 Å². The minimum atomic E-state index is -0.720. The number of hydrogen-bond donors (Lipinski definition) is 2. The van der Waals surface area contributed by atoms with Crippen LogP contribution in [0.25, 0.3) is 0 Å². The van der Waals surface area contributed by atoms with E-state index in [0.717, 1.165) is 45.9 Å². The number of halogens is 2. The molecule has 0 aliphatic heterocycles. The van der Waals surface area contributed by atoms with E-state index in [-0.39, 0.29) is 5.91 Å². The Morgan fingerprint density at radius 2 is 1.74 bits per heavy atom. The molecule has 0 spiro atoms. The van der Waals surface area contributed by atoms with Gasteiger partial charge in [0.15, 0.2) is 0 Å². The van der Waals surface area contributed by atoms with Gasteiger partial charge in [-0.05, 0) is 69.3 Å². The molecule has 1 amide bonds. The Morgan fingerprint density at radius 1 is 1.21 bits per heavy atom. The van der Waals surface area contributed by atoms with Crippen LogP contribution in [0, 0.1) is 6.92 Å². The van der Waals surface area contributed by atoms with Gasteiger partial charge in [0, 0.05) is 8.95 Å². The summed E-state index contributed by atoms with van der Waals surface area (Å²) >= 11 is 6.97. The highest BCUT2D eigenvalue weighted by Crippen LogP contribution is 2.34. The van der Waals surface area contributed by atoms with Gasteiger partial charge in [-0.15, -0.1) is 0 Å². The molecule has 0 unspecified atom stereocenters. The average Bonchev–Trinajstić information content (AvgIpc) is 2.34. The largest absolute Gasteiger partial charge is 0.323 e. The molecule has 1 aliphatic carbocycles. The summed E-state index contributed by atoms with van der Waals surface area (Å²) in [4.78, 5) is 12.4. The lowest BCUT2D eigenvalue weighted by Crippen LogP contribution is -2.52. The zero-order valence-corrected chi connectivity index (χ0v) is 14.1. The van der Waals surface area contributed by atoms with Gasteiger partial charge in [-0.3, -0.25) is 4.79 Å². The van der Waals surface area contributed by atoms with Crippen LogP contribution in [-0.4, -0.2) is 11.4 Å². The zero-order chi connectivity index (χ0) is 14.0. The number of benzene rings is 1. The third-order valence-electron chi connectivity index (χ3n) is 3.62. The van der Waals surface area contributed by atoms with Crippen molar-refractivity contribution in [2.75, 3.05) is 5.32 Å². The van der Waals surface area contributed by atoms with Crippen LogP contribution in [0.15, 0.2) is 21.1 Å². The SMILES string of the molecule is Cc1cc(Br)c(NC(=O)C2(N)CCCCC2)c(Br)c1. The molecule has 0 atom stereocenters. The Kier molecular flexibility index (Phi) is 4.69. The maximum Gasteiger partial charge on any atom is 0.244 e. The summed E-state index contributed by atoms with van der Waals surface area (Å²) in [6.45, 7) is 2.01. The number of aryl methyl sites for hydroxylation is 1. The fraction of sp³-hybridized carbons (Fsp3) is 0.500. The molecule has 1 saturated carbocycles. The van der Waals surface area contributed by atoms with E-state index in [9.17, 15) is 4.79 Å². The van der Waals surface area contributed by atoms with Crippen LogP contribution in [0.4, 0.5) is 5.69 Å². The predicted molar refractivity (Wildman–Crippen MR) is 85.2 cm³/mol. The molecule has 3 nitrogen and oxygen atoms in total. The maximum atomic E-state index is 12.4. The molecule has 5 heteroatoms. The second-order valence-electron chi connectivity index (χ2n) is 5.27. The molecule has 1 fully saturated rings. The molecule has 2 rings (SSSR count). The van der Waals surface area contributed by atoms with Gasteiger partial charge in [0.05, 0.1) is 11.2 Å². The quantitative estimate of drug-likeness (QED) is 0.799. The summed E-state index contributed by atoms with van der Waals surface area (Å²) in [7, 11) is 0. The predicted octanol–water partition coefficient (Wildman–Crippen LogP) is 4.12. The first-order valence-corrected chi connectivity index (χ1v) is 8.07. The minimum absolute atomic E-state index is 0.0857. The van der Waals surface area contributed by atoms with Crippen LogP contribution >= 0.6 is 31.9 Å². The van der Waals surface area contributed by atoms with Crippen LogP contribution in [0.5, 0.6) is 0 Å². The highest BCUT2D eigenvalue weighted by atomic mass is 79.9. The third-order valence-corrected chi connectivity index (χ3v) is 4.87. The van der Waals surface area contributed by atoms with E-state index in [2.05, 4.69) is 37.2 Å². The number of nitrogens with one attached hydrogen (secondary N) is 1. The zero-order valence-electron chi connectivity index (χ0n) is 10.9. The average molecular weight is 390 g/mol. The van der Waals surface area contributed by atoms with E-state index in [1.807, 2.05) is 19.1 Å². The van der Waals surface area contributed by atoms with Gasteiger partial charge >= 0.3 is 0 Å². The van der Waals surface area contributed by atoms with Crippen LogP contribution < -0.4 is 11.1 Å². The van der Waals surface area contributed by atoms with Crippen molar-refractivity contribution in [3.8, 4) is 0 Å².